The maximum Gasteiger partial charge on any atom is 0.229 e. The maximum absolute atomic E-state index is 12.7. The van der Waals surface area contributed by atoms with E-state index in [4.69, 9.17) is 17.3 Å². The summed E-state index contributed by atoms with van der Waals surface area (Å²) in [4.78, 5) is 25.9. The molecule has 172 valence electrons. The Kier molecular flexibility index (Phi) is 5.10. The number of nitrogens with one attached hydrogen (secondary N) is 2. The summed E-state index contributed by atoms with van der Waals surface area (Å²) in [6.07, 6.45) is 8.96. The largest absolute Gasteiger partial charge is 0.399 e. The van der Waals surface area contributed by atoms with Crippen LogP contribution in [0.3, 0.4) is 0 Å². The summed E-state index contributed by atoms with van der Waals surface area (Å²) < 4.78 is 2.08. The van der Waals surface area contributed by atoms with Crippen LogP contribution >= 0.6 is 11.6 Å². The van der Waals surface area contributed by atoms with Gasteiger partial charge in [-0.15, -0.1) is 0 Å². The number of nitrogens with zero attached hydrogens (tertiary/aromatic N) is 4. The molecule has 8 nitrogen and oxygen atoms in total. The van der Waals surface area contributed by atoms with Crippen LogP contribution in [0.1, 0.15) is 47.9 Å². The van der Waals surface area contributed by atoms with E-state index in [0.717, 1.165) is 23.3 Å². The number of aromatic nitrogens is 4. The number of anilines is 3. The predicted molar refractivity (Wildman–Crippen MR) is 132 cm³/mol. The molecule has 0 radical (unpaired) electrons. The lowest BCUT2D eigenvalue weighted by Gasteiger charge is -2.07. The fourth-order valence-corrected chi connectivity index (χ4v) is 4.68. The van der Waals surface area contributed by atoms with E-state index in [1.54, 1.807) is 12.1 Å². The molecule has 3 aromatic heterocycles. The van der Waals surface area contributed by atoms with Crippen LogP contribution in [0.25, 0.3) is 5.65 Å². The van der Waals surface area contributed by atoms with Crippen molar-refractivity contribution in [2.45, 2.75) is 37.6 Å². The standard InChI is InChI=1S/C25H24ClN7O/c26-17-5-16(6-18(27)7-17)20-8-21(20)25(34)32-23-9-22(29-13-30-23)28-10-19-12-33-11-15(14-1-2-14)3-4-24(33)31-19/h3-7,9,11-14,20-21H,1-2,8,10,27H2,(H2,28,29,30,32,34)/t20-,21+/m1/s1. The number of fused-ring (bicyclic) bond motifs is 1. The van der Waals surface area contributed by atoms with Crippen LogP contribution < -0.4 is 16.4 Å². The Morgan fingerprint density at radius 3 is 2.76 bits per heavy atom. The summed E-state index contributed by atoms with van der Waals surface area (Å²) in [5.74, 6) is 1.72. The lowest BCUT2D eigenvalue weighted by atomic mass is 10.1. The maximum atomic E-state index is 12.7. The zero-order valence-electron chi connectivity index (χ0n) is 18.4. The minimum atomic E-state index is -0.122. The van der Waals surface area contributed by atoms with Crippen LogP contribution in [-0.4, -0.2) is 25.3 Å². The van der Waals surface area contributed by atoms with E-state index < -0.39 is 0 Å². The number of halogens is 1. The number of carbonyl (C=O) groups is 1. The number of nitrogens with two attached hydrogens (primary N) is 1. The number of nitrogen functional groups attached to an aromatic ring is 1. The van der Waals surface area contributed by atoms with Gasteiger partial charge in [0, 0.05) is 35.1 Å². The summed E-state index contributed by atoms with van der Waals surface area (Å²) in [6, 6.07) is 11.4. The van der Waals surface area contributed by atoms with Gasteiger partial charge in [0.25, 0.3) is 0 Å². The van der Waals surface area contributed by atoms with Crippen molar-refractivity contribution in [1.82, 2.24) is 19.4 Å². The zero-order chi connectivity index (χ0) is 23.2. The molecule has 2 aliphatic rings. The first-order valence-corrected chi connectivity index (χ1v) is 11.8. The first-order valence-electron chi connectivity index (χ1n) is 11.4. The van der Waals surface area contributed by atoms with E-state index in [2.05, 4.69) is 48.3 Å². The van der Waals surface area contributed by atoms with Crippen molar-refractivity contribution in [3.05, 3.63) is 77.0 Å². The highest BCUT2D eigenvalue weighted by Crippen LogP contribution is 2.49. The Hall–Kier alpha value is -3.65. The second kappa shape index (κ2) is 8.29. The number of pyridine rings is 1. The number of carbonyl (C=O) groups excluding carboxylic acids is 1. The van der Waals surface area contributed by atoms with Crippen molar-refractivity contribution in [3.8, 4) is 0 Å². The van der Waals surface area contributed by atoms with Gasteiger partial charge in [-0.05, 0) is 66.5 Å². The van der Waals surface area contributed by atoms with Crippen molar-refractivity contribution < 1.29 is 4.79 Å². The molecule has 0 spiro atoms. The van der Waals surface area contributed by atoms with Gasteiger partial charge in [0.05, 0.1) is 12.2 Å². The SMILES string of the molecule is Nc1cc(Cl)cc([C@H]2C[C@@H]2C(=O)Nc2cc(NCc3cn4cc(C5CC5)ccc4n3)ncn2)c1. The molecule has 4 N–H and O–H groups in total. The number of hydrogen-bond acceptors (Lipinski definition) is 6. The number of benzene rings is 1. The summed E-state index contributed by atoms with van der Waals surface area (Å²) in [6.45, 7) is 0.520. The number of amides is 1. The fourth-order valence-electron chi connectivity index (χ4n) is 4.43. The quantitative estimate of drug-likeness (QED) is 0.338. The van der Waals surface area contributed by atoms with Gasteiger partial charge in [0.2, 0.25) is 5.91 Å². The molecule has 0 saturated heterocycles. The smallest absolute Gasteiger partial charge is 0.229 e. The summed E-state index contributed by atoms with van der Waals surface area (Å²) >= 11 is 6.10. The molecular weight excluding hydrogens is 450 g/mol. The summed E-state index contributed by atoms with van der Waals surface area (Å²) in [5, 5.41) is 6.76. The first-order chi connectivity index (χ1) is 16.5. The molecule has 2 atom stereocenters. The van der Waals surface area contributed by atoms with Crippen LogP contribution in [0.4, 0.5) is 17.3 Å². The van der Waals surface area contributed by atoms with Gasteiger partial charge in [-0.25, -0.2) is 15.0 Å². The second-order valence-electron chi connectivity index (χ2n) is 9.13. The first kappa shape index (κ1) is 20.9. The van der Waals surface area contributed by atoms with Crippen LogP contribution in [-0.2, 0) is 11.3 Å². The molecule has 2 saturated carbocycles. The molecule has 0 bridgehead atoms. The fraction of sp³-hybridized carbons (Fsp3) is 0.280. The normalized spacial score (nSPS) is 19.2. The molecule has 0 aliphatic heterocycles. The molecule has 1 amide bonds. The van der Waals surface area contributed by atoms with Gasteiger partial charge in [-0.2, -0.15) is 0 Å². The lowest BCUT2D eigenvalue weighted by molar-refractivity contribution is -0.117. The van der Waals surface area contributed by atoms with Crippen molar-refractivity contribution in [1.29, 1.82) is 0 Å². The molecule has 3 heterocycles. The Morgan fingerprint density at radius 2 is 1.94 bits per heavy atom. The van der Waals surface area contributed by atoms with E-state index in [0.29, 0.717) is 34.8 Å². The van der Waals surface area contributed by atoms with Gasteiger partial charge in [0.15, 0.2) is 0 Å². The molecule has 2 fully saturated rings. The topological polar surface area (TPSA) is 110 Å². The molecule has 4 aromatic rings. The highest BCUT2D eigenvalue weighted by molar-refractivity contribution is 6.30. The van der Waals surface area contributed by atoms with Crippen LogP contribution in [0.2, 0.25) is 5.02 Å². The lowest BCUT2D eigenvalue weighted by Crippen LogP contribution is -2.16. The van der Waals surface area contributed by atoms with E-state index in [9.17, 15) is 4.79 Å². The highest BCUT2D eigenvalue weighted by atomic mass is 35.5. The molecule has 0 unspecified atom stereocenters. The van der Waals surface area contributed by atoms with E-state index in [-0.39, 0.29) is 17.7 Å². The van der Waals surface area contributed by atoms with Crippen molar-refractivity contribution >= 4 is 40.5 Å². The van der Waals surface area contributed by atoms with E-state index in [1.165, 1.54) is 24.7 Å². The van der Waals surface area contributed by atoms with Gasteiger partial charge >= 0.3 is 0 Å². The molecule has 2 aliphatic carbocycles. The van der Waals surface area contributed by atoms with Crippen molar-refractivity contribution in [2.75, 3.05) is 16.4 Å². The Morgan fingerprint density at radius 1 is 1.09 bits per heavy atom. The Bertz CT molecular complexity index is 1380. The number of hydrogen-bond donors (Lipinski definition) is 3. The minimum absolute atomic E-state index is 0.0694. The summed E-state index contributed by atoms with van der Waals surface area (Å²) in [7, 11) is 0. The molecule has 6 rings (SSSR count). The van der Waals surface area contributed by atoms with Gasteiger partial charge in [0.1, 0.15) is 23.6 Å². The third-order valence-electron chi connectivity index (χ3n) is 6.44. The molecule has 34 heavy (non-hydrogen) atoms. The molecule has 1 aromatic carbocycles. The van der Waals surface area contributed by atoms with Crippen molar-refractivity contribution in [3.63, 3.8) is 0 Å². The van der Waals surface area contributed by atoms with Crippen LogP contribution in [0.5, 0.6) is 0 Å². The molecule has 9 heteroatoms. The summed E-state index contributed by atoms with van der Waals surface area (Å²) in [5.41, 5.74) is 10.7. The van der Waals surface area contributed by atoms with Gasteiger partial charge in [-0.1, -0.05) is 17.7 Å². The van der Waals surface area contributed by atoms with E-state index in [1.807, 2.05) is 18.3 Å². The van der Waals surface area contributed by atoms with Crippen molar-refractivity contribution in [2.24, 2.45) is 5.92 Å². The van der Waals surface area contributed by atoms with Gasteiger partial charge in [-0.3, -0.25) is 4.79 Å². The van der Waals surface area contributed by atoms with Gasteiger partial charge < -0.3 is 20.8 Å². The second-order valence-corrected chi connectivity index (χ2v) is 9.57. The van der Waals surface area contributed by atoms with E-state index >= 15 is 0 Å². The minimum Gasteiger partial charge on any atom is -0.399 e. The Labute approximate surface area is 201 Å². The van der Waals surface area contributed by atoms with Crippen LogP contribution in [0, 0.1) is 5.92 Å². The molecular formula is C25H24ClN7O. The average Bonchev–Trinajstić information content (AvgIpc) is 3.73. The number of imidazole rings is 1. The Balaban J connectivity index is 1.08. The monoisotopic (exact) mass is 473 g/mol. The highest BCUT2D eigenvalue weighted by Gasteiger charge is 2.44. The number of rotatable bonds is 7. The third-order valence-corrected chi connectivity index (χ3v) is 6.66. The average molecular weight is 474 g/mol. The van der Waals surface area contributed by atoms with Crippen LogP contribution in [0.15, 0.2) is 55.1 Å². The third kappa shape index (κ3) is 4.41. The predicted octanol–water partition coefficient (Wildman–Crippen LogP) is 4.59. The zero-order valence-corrected chi connectivity index (χ0v) is 19.2.